The number of rotatable bonds is 8. The third-order valence-electron chi connectivity index (χ3n) is 7.75. The Kier molecular flexibility index (Phi) is 11.8. The molecule has 0 bridgehead atoms. The molecule has 0 saturated carbocycles. The van der Waals surface area contributed by atoms with Crippen molar-refractivity contribution < 1.29 is 49.1 Å². The Bertz CT molecular complexity index is 2350. The molecule has 0 aliphatic rings. The van der Waals surface area contributed by atoms with Gasteiger partial charge in [-0.2, -0.15) is 10.2 Å². The van der Waals surface area contributed by atoms with E-state index in [2.05, 4.69) is 20.6 Å². The second kappa shape index (κ2) is 16.3. The SMILES string of the molecule is CN(C(=O)c1cn[nH]c1C(F)Cl)c1ccccc1-c1cc(F)c(F)cc1F.Cn1cc(C(=O)Nc2ccc(F)cc2-c2ccc(F)cc2F)c(C(F)F)n1. The first-order chi connectivity index (χ1) is 25.6. The minimum atomic E-state index is -2.98. The second-order valence-electron chi connectivity index (χ2n) is 11.3. The number of carbonyl (C=O) groups excluding carboxylic acids is 2. The standard InChI is InChI=1S/C18H12ClF4N3O.C18H12F5N3O/c1-26(18(27)11-8-24-25-16(11)17(19)23)15-5-3-2-4-9(15)10-6-13(21)14(22)7-12(10)20;1-26-8-13(16(25-26)17(22)23)18(27)24-15-5-3-9(19)6-12(15)11-4-2-10(20)7-14(11)21/h2-8,17H,1H3,(H,24,25);2-8,17H,1H3,(H,24,27). The number of para-hydroxylation sites is 1. The van der Waals surface area contributed by atoms with Gasteiger partial charge >= 0.3 is 0 Å². The van der Waals surface area contributed by atoms with E-state index >= 15 is 0 Å². The number of H-pyrrole nitrogens is 1. The molecule has 2 aromatic heterocycles. The van der Waals surface area contributed by atoms with E-state index in [0.29, 0.717) is 18.2 Å². The Hall–Kier alpha value is -6.10. The second-order valence-corrected chi connectivity index (χ2v) is 11.7. The van der Waals surface area contributed by atoms with Crippen LogP contribution in [0.3, 0.4) is 0 Å². The van der Waals surface area contributed by atoms with Gasteiger partial charge in [0.1, 0.15) is 29.0 Å². The summed E-state index contributed by atoms with van der Waals surface area (Å²) in [5, 5.41) is 11.8. The molecule has 0 aliphatic carbocycles. The highest BCUT2D eigenvalue weighted by Gasteiger charge is 2.26. The number of aromatic amines is 1. The van der Waals surface area contributed by atoms with E-state index in [4.69, 9.17) is 11.6 Å². The number of hydrogen-bond donors (Lipinski definition) is 2. The molecule has 2 amide bonds. The molecule has 2 N–H and O–H groups in total. The van der Waals surface area contributed by atoms with Crippen molar-refractivity contribution in [2.75, 3.05) is 17.3 Å². The Morgan fingerprint density at radius 3 is 2.11 bits per heavy atom. The fourth-order valence-electron chi connectivity index (χ4n) is 5.23. The lowest BCUT2D eigenvalue weighted by atomic mass is 10.0. The number of aryl methyl sites for hydroxylation is 1. The average Bonchev–Trinajstić information content (AvgIpc) is 3.78. The van der Waals surface area contributed by atoms with Crippen molar-refractivity contribution in [3.8, 4) is 22.3 Å². The Morgan fingerprint density at radius 1 is 0.778 bits per heavy atom. The smallest absolute Gasteiger partial charge is 0.282 e. The van der Waals surface area contributed by atoms with Gasteiger partial charge in [0, 0.05) is 60.4 Å². The number of aromatic nitrogens is 4. The molecule has 0 spiro atoms. The summed E-state index contributed by atoms with van der Waals surface area (Å²) in [5.74, 6) is -7.64. The minimum absolute atomic E-state index is 0.0315. The highest BCUT2D eigenvalue weighted by molar-refractivity contribution is 6.20. The van der Waals surface area contributed by atoms with Crippen LogP contribution in [0.5, 0.6) is 0 Å². The predicted octanol–water partition coefficient (Wildman–Crippen LogP) is 9.67. The number of anilines is 2. The molecule has 6 aromatic rings. The Morgan fingerprint density at radius 2 is 1.43 bits per heavy atom. The third kappa shape index (κ3) is 8.41. The third-order valence-corrected chi connectivity index (χ3v) is 7.97. The molecular weight excluding hydrogens is 755 g/mol. The number of carbonyl (C=O) groups is 2. The first kappa shape index (κ1) is 39.1. The summed E-state index contributed by atoms with van der Waals surface area (Å²) in [6.07, 6.45) is -0.753. The van der Waals surface area contributed by atoms with Gasteiger partial charge in [0.2, 0.25) is 5.63 Å². The molecule has 18 heteroatoms. The molecule has 1 unspecified atom stereocenters. The van der Waals surface area contributed by atoms with Gasteiger partial charge in [0.15, 0.2) is 11.6 Å². The molecule has 0 aliphatic heterocycles. The largest absolute Gasteiger partial charge is 0.321 e. The number of nitrogens with one attached hydrogen (secondary N) is 2. The molecule has 0 saturated heterocycles. The predicted molar refractivity (Wildman–Crippen MR) is 181 cm³/mol. The van der Waals surface area contributed by atoms with Crippen molar-refractivity contribution in [2.45, 2.75) is 12.1 Å². The summed E-state index contributed by atoms with van der Waals surface area (Å²) in [6, 6.07) is 13.0. The van der Waals surface area contributed by atoms with Gasteiger partial charge in [-0.25, -0.2) is 39.5 Å². The summed E-state index contributed by atoms with van der Waals surface area (Å²) >= 11 is 5.39. The fraction of sp³-hybridized carbons (Fsp3) is 0.111. The van der Waals surface area contributed by atoms with E-state index in [-0.39, 0.29) is 50.4 Å². The zero-order chi connectivity index (χ0) is 39.4. The number of benzene rings is 4. The van der Waals surface area contributed by atoms with Crippen LogP contribution in [-0.2, 0) is 7.05 Å². The molecule has 280 valence electrons. The maximum Gasteiger partial charge on any atom is 0.282 e. The lowest BCUT2D eigenvalue weighted by Crippen LogP contribution is -2.27. The maximum atomic E-state index is 14.2. The van der Waals surface area contributed by atoms with Crippen LogP contribution in [0.15, 0.2) is 85.2 Å². The Labute approximate surface area is 304 Å². The summed E-state index contributed by atoms with van der Waals surface area (Å²) in [7, 11) is 2.75. The van der Waals surface area contributed by atoms with Crippen molar-refractivity contribution >= 4 is 34.8 Å². The van der Waals surface area contributed by atoms with Crippen molar-refractivity contribution in [2.24, 2.45) is 7.05 Å². The molecule has 6 rings (SSSR count). The lowest BCUT2D eigenvalue weighted by molar-refractivity contribution is 0.0988. The average molecular weight is 779 g/mol. The molecule has 0 radical (unpaired) electrons. The number of amides is 2. The Balaban J connectivity index is 0.000000208. The highest BCUT2D eigenvalue weighted by atomic mass is 35.5. The van der Waals surface area contributed by atoms with Crippen LogP contribution < -0.4 is 10.2 Å². The van der Waals surface area contributed by atoms with Gasteiger partial charge in [-0.1, -0.05) is 29.8 Å². The number of halogens is 10. The van der Waals surface area contributed by atoms with Gasteiger partial charge in [-0.05, 0) is 42.5 Å². The number of alkyl halides is 4. The van der Waals surface area contributed by atoms with Crippen LogP contribution in [0.2, 0.25) is 0 Å². The lowest BCUT2D eigenvalue weighted by Gasteiger charge is -2.21. The van der Waals surface area contributed by atoms with E-state index in [1.807, 2.05) is 0 Å². The molecule has 1 atom stereocenters. The number of nitrogens with zero attached hydrogens (tertiary/aromatic N) is 4. The zero-order valence-electron chi connectivity index (χ0n) is 27.6. The topological polar surface area (TPSA) is 95.9 Å². The van der Waals surface area contributed by atoms with E-state index in [0.717, 1.165) is 52.3 Å². The van der Waals surface area contributed by atoms with Gasteiger partial charge in [0.05, 0.1) is 28.7 Å². The van der Waals surface area contributed by atoms with Crippen molar-refractivity contribution in [1.29, 1.82) is 0 Å². The van der Waals surface area contributed by atoms with Gasteiger partial charge in [0.25, 0.3) is 18.2 Å². The maximum absolute atomic E-state index is 14.2. The summed E-state index contributed by atoms with van der Waals surface area (Å²) in [5.41, 5.74) is -3.52. The molecule has 8 nitrogen and oxygen atoms in total. The van der Waals surface area contributed by atoms with Crippen molar-refractivity contribution in [3.63, 3.8) is 0 Å². The van der Waals surface area contributed by atoms with Crippen LogP contribution in [-0.4, -0.2) is 38.8 Å². The molecular formula is C36H24ClF9N6O2. The van der Waals surface area contributed by atoms with Crippen LogP contribution in [0.1, 0.15) is 44.2 Å². The quantitative estimate of drug-likeness (QED) is 0.0914. The summed E-state index contributed by atoms with van der Waals surface area (Å²) in [4.78, 5) is 26.3. The first-order valence-electron chi connectivity index (χ1n) is 15.3. The minimum Gasteiger partial charge on any atom is -0.321 e. The van der Waals surface area contributed by atoms with Crippen LogP contribution in [0.25, 0.3) is 22.3 Å². The van der Waals surface area contributed by atoms with Crippen molar-refractivity contribution in [1.82, 2.24) is 20.0 Å². The summed E-state index contributed by atoms with van der Waals surface area (Å²) < 4.78 is 122. The highest BCUT2D eigenvalue weighted by Crippen LogP contribution is 2.35. The van der Waals surface area contributed by atoms with Gasteiger partial charge in [-0.15, -0.1) is 0 Å². The number of hydrogen-bond acceptors (Lipinski definition) is 4. The van der Waals surface area contributed by atoms with Gasteiger partial charge in [-0.3, -0.25) is 19.4 Å². The summed E-state index contributed by atoms with van der Waals surface area (Å²) in [6.45, 7) is 0. The van der Waals surface area contributed by atoms with Crippen molar-refractivity contribution in [3.05, 3.63) is 143 Å². The monoisotopic (exact) mass is 778 g/mol. The first-order valence-corrected chi connectivity index (χ1v) is 15.7. The fourth-order valence-corrected chi connectivity index (χ4v) is 5.40. The van der Waals surface area contributed by atoms with E-state index in [1.54, 1.807) is 12.1 Å². The molecule has 2 heterocycles. The van der Waals surface area contributed by atoms with Crippen LogP contribution in [0.4, 0.5) is 50.9 Å². The normalized spacial score (nSPS) is 11.6. The molecule has 0 fully saturated rings. The molecule has 54 heavy (non-hydrogen) atoms. The van der Waals surface area contributed by atoms with E-state index in [9.17, 15) is 49.1 Å². The van der Waals surface area contributed by atoms with Crippen LogP contribution in [0, 0.1) is 34.9 Å². The zero-order valence-corrected chi connectivity index (χ0v) is 28.4. The van der Waals surface area contributed by atoms with Crippen LogP contribution >= 0.6 is 11.6 Å². The van der Waals surface area contributed by atoms with E-state index < -0.39 is 64.5 Å². The molecule has 4 aromatic carbocycles. The van der Waals surface area contributed by atoms with Gasteiger partial charge < -0.3 is 10.2 Å². The van der Waals surface area contributed by atoms with E-state index in [1.165, 1.54) is 26.2 Å².